The van der Waals surface area contributed by atoms with Crippen LogP contribution < -0.4 is 32.3 Å². The minimum absolute atomic E-state index is 0.0748. The lowest BCUT2D eigenvalue weighted by molar-refractivity contribution is -0.137. The number of nitrogens with one attached hydrogen (secondary N) is 5. The van der Waals surface area contributed by atoms with E-state index in [2.05, 4.69) is 36.6 Å². The Morgan fingerprint density at radius 2 is 1.53 bits per heavy atom. The Kier molecular flexibility index (Phi) is 16.8. The highest BCUT2D eigenvalue weighted by atomic mass is 32.2. The number of carbonyl (C=O) groups is 6. The molecule has 4 aromatic rings. The molecule has 64 heavy (non-hydrogen) atoms. The second-order valence-corrected chi connectivity index (χ2v) is 18.0. The lowest BCUT2D eigenvalue weighted by Gasteiger charge is -2.22. The Morgan fingerprint density at radius 3 is 2.19 bits per heavy atom. The molecule has 0 saturated heterocycles. The highest BCUT2D eigenvalue weighted by molar-refractivity contribution is 8.15. The summed E-state index contributed by atoms with van der Waals surface area (Å²) in [6.07, 6.45) is 2.41. The van der Waals surface area contributed by atoms with Crippen LogP contribution in [0.3, 0.4) is 0 Å². The maximum atomic E-state index is 13.6. The van der Waals surface area contributed by atoms with Gasteiger partial charge in [0.05, 0.1) is 16.8 Å². The number of alkyl carbamates (subject to hydrolysis) is 1. The molecule has 1 aliphatic carbocycles. The first-order valence-corrected chi connectivity index (χ1v) is 23.1. The molecule has 17 nitrogen and oxygen atoms in total. The minimum atomic E-state index is -1.07. The van der Waals surface area contributed by atoms with Gasteiger partial charge in [-0.1, -0.05) is 48.5 Å². The quantitative estimate of drug-likeness (QED) is 0.0552. The van der Waals surface area contributed by atoms with E-state index >= 15 is 0 Å². The van der Waals surface area contributed by atoms with Gasteiger partial charge in [-0.15, -0.1) is 23.1 Å². The molecule has 8 N–H and O–H groups in total. The number of hydrogen-bond donors (Lipinski definition) is 7. The number of ether oxygens (including phenoxy) is 1. The predicted octanol–water partition coefficient (Wildman–Crippen LogP) is 4.06. The molecule has 0 radical (unpaired) electrons. The van der Waals surface area contributed by atoms with Gasteiger partial charge in [0.2, 0.25) is 23.6 Å². The summed E-state index contributed by atoms with van der Waals surface area (Å²) in [6.45, 7) is 2.27. The first-order valence-electron chi connectivity index (χ1n) is 21.3. The van der Waals surface area contributed by atoms with E-state index in [1.807, 2.05) is 67.5 Å². The number of fused-ring (bicyclic) bond motifs is 4. The van der Waals surface area contributed by atoms with Crippen molar-refractivity contribution in [3.8, 4) is 11.1 Å². The molecule has 0 bridgehead atoms. The maximum absolute atomic E-state index is 13.6. The Morgan fingerprint density at radius 1 is 0.859 bits per heavy atom. The molecule has 5 amide bonds. The molecule has 0 unspecified atom stereocenters. The minimum Gasteiger partial charge on any atom is -0.480 e. The van der Waals surface area contributed by atoms with Gasteiger partial charge in [-0.3, -0.25) is 24.2 Å². The molecule has 1 aliphatic heterocycles. The number of thioether (sulfide) groups is 1. The zero-order valence-corrected chi connectivity index (χ0v) is 37.7. The second kappa shape index (κ2) is 22.6. The fraction of sp³-hybridized carbons (Fsp3) is 0.422. The fourth-order valence-electron chi connectivity index (χ4n) is 7.48. The van der Waals surface area contributed by atoms with E-state index in [1.54, 1.807) is 18.2 Å². The normalized spacial score (nSPS) is 15.6. The number of nitrogens with zero attached hydrogens (tertiary/aromatic N) is 3. The number of amides is 5. The topological polar surface area (TPSA) is 247 Å². The van der Waals surface area contributed by atoms with Crippen molar-refractivity contribution in [3.63, 3.8) is 0 Å². The first-order chi connectivity index (χ1) is 30.8. The largest absolute Gasteiger partial charge is 0.480 e. The molecule has 6 rings (SSSR count). The van der Waals surface area contributed by atoms with Crippen LogP contribution in [0.25, 0.3) is 21.3 Å². The van der Waals surface area contributed by atoms with Crippen molar-refractivity contribution >= 4 is 79.7 Å². The molecule has 0 saturated carbocycles. The third-order valence-electron chi connectivity index (χ3n) is 10.8. The summed E-state index contributed by atoms with van der Waals surface area (Å²) in [6, 6.07) is 17.3. The van der Waals surface area contributed by atoms with Gasteiger partial charge in [0.25, 0.3) is 0 Å². The summed E-state index contributed by atoms with van der Waals surface area (Å²) < 4.78 is 6.46. The zero-order chi connectivity index (χ0) is 45.8. The van der Waals surface area contributed by atoms with Crippen LogP contribution in [0.4, 0.5) is 10.5 Å². The van der Waals surface area contributed by atoms with Crippen molar-refractivity contribution in [3.05, 3.63) is 82.9 Å². The van der Waals surface area contributed by atoms with Crippen molar-refractivity contribution in [1.29, 1.82) is 0 Å². The number of aromatic nitrogens is 1. The Bertz CT molecular complexity index is 2330. The average molecular weight is 914 g/mol. The van der Waals surface area contributed by atoms with Crippen LogP contribution in [0.5, 0.6) is 0 Å². The van der Waals surface area contributed by atoms with Crippen LogP contribution in [0, 0.1) is 0 Å². The maximum Gasteiger partial charge on any atom is 0.407 e. The van der Waals surface area contributed by atoms with E-state index in [0.717, 1.165) is 39.9 Å². The molecular formula is C45H55N9O8S2. The lowest BCUT2D eigenvalue weighted by Crippen LogP contribution is -2.53. The number of carbonyl (C=O) groups excluding carboxylic acids is 5. The molecule has 2 aliphatic rings. The van der Waals surface area contributed by atoms with Crippen molar-refractivity contribution < 1.29 is 38.6 Å². The number of thiazole rings is 1. The van der Waals surface area contributed by atoms with Crippen LogP contribution >= 0.6 is 23.1 Å². The van der Waals surface area contributed by atoms with Gasteiger partial charge in [0.15, 0.2) is 6.04 Å². The number of aliphatic imine (C=N–C) groups is 1. The smallest absolute Gasteiger partial charge is 0.407 e. The average Bonchev–Trinajstić information content (AvgIpc) is 4.02. The summed E-state index contributed by atoms with van der Waals surface area (Å²) in [5.41, 5.74) is 11.1. The van der Waals surface area contributed by atoms with Gasteiger partial charge >= 0.3 is 12.1 Å². The third-order valence-corrected chi connectivity index (χ3v) is 13.1. The molecule has 340 valence electrons. The number of anilines is 1. The molecule has 0 fully saturated rings. The van der Waals surface area contributed by atoms with Crippen LogP contribution in [-0.4, -0.2) is 126 Å². The van der Waals surface area contributed by atoms with Gasteiger partial charge in [-0.25, -0.2) is 14.6 Å². The van der Waals surface area contributed by atoms with E-state index in [9.17, 15) is 33.9 Å². The molecular weight excluding hydrogens is 859 g/mol. The number of nitrogens with two attached hydrogens (primary N) is 1. The number of aliphatic carboxylic acids is 1. The number of unbranched alkanes of at least 4 members (excludes halogenated alkanes) is 2. The van der Waals surface area contributed by atoms with Gasteiger partial charge in [-0.05, 0) is 113 Å². The number of rotatable bonds is 22. The lowest BCUT2D eigenvalue weighted by atomic mass is 9.98. The molecule has 4 atom stereocenters. The zero-order valence-electron chi connectivity index (χ0n) is 36.1. The van der Waals surface area contributed by atoms with E-state index < -0.39 is 66.4 Å². The monoisotopic (exact) mass is 913 g/mol. The summed E-state index contributed by atoms with van der Waals surface area (Å²) in [5.74, 6) is -3.12. The van der Waals surface area contributed by atoms with Gasteiger partial charge < -0.3 is 47.1 Å². The van der Waals surface area contributed by atoms with E-state index in [4.69, 9.17) is 10.5 Å². The first kappa shape index (κ1) is 47.6. The number of benzene rings is 3. The SMILES string of the molecule is C[C@H](NC(=O)CNC(=O)[C@H](CCCCN(C)C)NC(=O)OCC1c2ccccc2-c2ccccc21)C(=O)N[C@@H](CCCCN)C(=O)Nc1ccc2nc(C3=N[C@@H](C(=O)O)CS3)sc2c1. The van der Waals surface area contributed by atoms with Gasteiger partial charge in [0.1, 0.15) is 34.8 Å². The summed E-state index contributed by atoms with van der Waals surface area (Å²) in [4.78, 5) is 88.8. The van der Waals surface area contributed by atoms with Crippen LogP contribution in [0.15, 0.2) is 71.7 Å². The van der Waals surface area contributed by atoms with E-state index in [0.29, 0.717) is 59.2 Å². The van der Waals surface area contributed by atoms with Crippen LogP contribution in [-0.2, 0) is 28.7 Å². The van der Waals surface area contributed by atoms with Crippen LogP contribution in [0.2, 0.25) is 0 Å². The Labute approximate surface area is 379 Å². The predicted molar refractivity (Wildman–Crippen MR) is 249 cm³/mol. The third kappa shape index (κ3) is 12.6. The molecule has 19 heteroatoms. The van der Waals surface area contributed by atoms with E-state index in [1.165, 1.54) is 30.0 Å². The Hall–Kier alpha value is -5.89. The highest BCUT2D eigenvalue weighted by Crippen LogP contribution is 2.44. The standard InChI is InChI=1S/C45H55N9O8S2/c1-26(39(56)50-35(16-8-10-20-46)41(58)49-27-18-19-33-37(22-27)64-43(51-33)42-52-36(25-63-42)44(59)60)48-38(55)23-47-40(57)34(17-9-11-21-54(2)3)53-45(61)62-24-32-30-14-6-4-12-28(30)29-13-5-7-15-31(29)32/h4-7,12-15,18-19,22,26,32,34-36H,8-11,16-17,20-21,23-25,46H2,1-3H3,(H,47,57)(H,48,55)(H,49,58)(H,50,56)(H,53,61)(H,59,60)/t26-,34-,35-,36+/m0/s1. The molecule has 3 aromatic carbocycles. The number of carboxylic acids is 1. The van der Waals surface area contributed by atoms with Crippen molar-refractivity contribution in [2.75, 3.05) is 51.4 Å². The van der Waals surface area contributed by atoms with Crippen molar-refractivity contribution in [2.45, 2.75) is 75.5 Å². The van der Waals surface area contributed by atoms with Crippen molar-refractivity contribution in [1.82, 2.24) is 31.2 Å². The van der Waals surface area contributed by atoms with E-state index in [-0.39, 0.29) is 18.9 Å². The van der Waals surface area contributed by atoms with Gasteiger partial charge in [0, 0.05) is 17.4 Å². The highest BCUT2D eigenvalue weighted by Gasteiger charge is 2.31. The summed E-state index contributed by atoms with van der Waals surface area (Å²) >= 11 is 2.66. The summed E-state index contributed by atoms with van der Waals surface area (Å²) in [7, 11) is 3.90. The fourth-order valence-corrected chi connectivity index (χ4v) is 9.58. The summed E-state index contributed by atoms with van der Waals surface area (Å²) in [5, 5.41) is 23.9. The number of carboxylic acid groups (broad SMARTS) is 1. The van der Waals surface area contributed by atoms with Gasteiger partial charge in [-0.2, -0.15) is 0 Å². The Balaban J connectivity index is 1.01. The van der Waals surface area contributed by atoms with Crippen LogP contribution in [0.1, 0.15) is 67.5 Å². The molecule has 2 heterocycles. The molecule has 1 aromatic heterocycles. The number of hydrogen-bond acceptors (Lipinski definition) is 13. The van der Waals surface area contributed by atoms with Crippen molar-refractivity contribution in [2.24, 2.45) is 10.7 Å². The second-order valence-electron chi connectivity index (χ2n) is 16.0. The molecule has 0 spiro atoms.